The lowest BCUT2D eigenvalue weighted by Gasteiger charge is -2.40. The molecule has 1 aromatic heterocycles. The molecule has 2 amide bonds. The second kappa shape index (κ2) is 11.6. The van der Waals surface area contributed by atoms with Crippen LogP contribution in [0.4, 0.5) is 0 Å². The summed E-state index contributed by atoms with van der Waals surface area (Å²) in [4.78, 5) is 27.9. The highest BCUT2D eigenvalue weighted by Crippen LogP contribution is 2.45. The monoisotopic (exact) mass is 591 g/mol. The SMILES string of the molecule is COc1c(CNC(=O)c2cc(C3CC3)nn2C)cccc1OCc1ccc(C(=O)N2CCN([S+](C)[O-])C3(CC3)C2)cc1. The van der Waals surface area contributed by atoms with Crippen molar-refractivity contribution in [3.8, 4) is 11.5 Å². The highest BCUT2D eigenvalue weighted by atomic mass is 32.2. The van der Waals surface area contributed by atoms with Crippen LogP contribution in [0.2, 0.25) is 0 Å². The van der Waals surface area contributed by atoms with Gasteiger partial charge in [-0.3, -0.25) is 14.3 Å². The van der Waals surface area contributed by atoms with Gasteiger partial charge in [-0.2, -0.15) is 5.10 Å². The first-order chi connectivity index (χ1) is 20.3. The first kappa shape index (κ1) is 28.6. The number of aryl methyl sites for hydroxylation is 1. The summed E-state index contributed by atoms with van der Waals surface area (Å²) in [6, 6.07) is 15.0. The topological polar surface area (TPSA) is 112 Å². The van der Waals surface area contributed by atoms with Crippen LogP contribution in [-0.4, -0.2) is 73.9 Å². The summed E-state index contributed by atoms with van der Waals surface area (Å²) in [6.45, 7) is 2.41. The van der Waals surface area contributed by atoms with Crippen LogP contribution < -0.4 is 14.8 Å². The van der Waals surface area contributed by atoms with Crippen LogP contribution in [0.1, 0.15) is 69.3 Å². The zero-order chi connectivity index (χ0) is 29.4. The van der Waals surface area contributed by atoms with Gasteiger partial charge in [-0.05, 0) is 55.5 Å². The van der Waals surface area contributed by atoms with E-state index in [0.717, 1.165) is 42.5 Å². The van der Waals surface area contributed by atoms with Crippen molar-refractivity contribution in [2.45, 2.75) is 50.3 Å². The van der Waals surface area contributed by atoms with Crippen molar-refractivity contribution >= 4 is 23.2 Å². The number of rotatable bonds is 10. The number of ether oxygens (including phenoxy) is 2. The van der Waals surface area contributed by atoms with Gasteiger partial charge >= 0.3 is 0 Å². The number of piperazine rings is 1. The van der Waals surface area contributed by atoms with E-state index in [1.807, 2.05) is 57.7 Å². The van der Waals surface area contributed by atoms with E-state index in [9.17, 15) is 14.1 Å². The molecule has 1 spiro atoms. The van der Waals surface area contributed by atoms with E-state index in [0.29, 0.717) is 54.9 Å². The van der Waals surface area contributed by atoms with Crippen LogP contribution in [0.3, 0.4) is 0 Å². The standard InChI is InChI=1S/C31H37N5O5S/c1-34-26(17-25(33-34)22-11-12-22)29(37)32-18-24-5-4-6-27(28(24)40-2)41-19-21-7-9-23(10-8-21)30(38)35-15-16-36(42(3)39)31(20-35)13-14-31/h4-10,17,22H,11-16,18-20H2,1-3H3,(H,32,37). The van der Waals surface area contributed by atoms with Gasteiger partial charge in [-0.1, -0.05) is 24.3 Å². The van der Waals surface area contributed by atoms with Crippen LogP contribution in [0.25, 0.3) is 0 Å². The van der Waals surface area contributed by atoms with Crippen LogP contribution in [-0.2, 0) is 31.6 Å². The molecule has 6 rings (SSSR count). The first-order valence-electron chi connectivity index (χ1n) is 14.4. The van der Waals surface area contributed by atoms with E-state index in [4.69, 9.17) is 9.47 Å². The minimum atomic E-state index is -1.02. The first-order valence-corrected chi connectivity index (χ1v) is 15.9. The van der Waals surface area contributed by atoms with Gasteiger partial charge in [0.05, 0.1) is 24.9 Å². The Bertz CT molecular complexity index is 1460. The van der Waals surface area contributed by atoms with Crippen molar-refractivity contribution in [3.63, 3.8) is 0 Å². The molecule has 42 heavy (non-hydrogen) atoms. The highest BCUT2D eigenvalue weighted by Gasteiger charge is 2.56. The maximum atomic E-state index is 13.2. The Hall–Kier alpha value is -3.54. The number of hydrogen-bond donors (Lipinski definition) is 1. The molecular weight excluding hydrogens is 554 g/mol. The number of amides is 2. The number of hydrogen-bond acceptors (Lipinski definition) is 7. The molecule has 222 valence electrons. The van der Waals surface area contributed by atoms with Crippen molar-refractivity contribution in [2.75, 3.05) is 33.0 Å². The quantitative estimate of drug-likeness (QED) is 0.360. The summed E-state index contributed by atoms with van der Waals surface area (Å²) < 4.78 is 27.6. The molecule has 1 unspecified atom stereocenters. The normalized spacial score (nSPS) is 18.5. The molecule has 0 radical (unpaired) electrons. The maximum Gasteiger partial charge on any atom is 0.269 e. The Labute approximate surface area is 249 Å². The van der Waals surface area contributed by atoms with E-state index in [1.54, 1.807) is 25.1 Å². The molecular formula is C31H37N5O5S. The molecule has 3 aromatic rings. The summed E-state index contributed by atoms with van der Waals surface area (Å²) in [5, 5.41) is 7.46. The van der Waals surface area contributed by atoms with Crippen LogP contribution in [0.5, 0.6) is 11.5 Å². The van der Waals surface area contributed by atoms with Gasteiger partial charge in [0.2, 0.25) is 0 Å². The third kappa shape index (κ3) is 5.86. The minimum Gasteiger partial charge on any atom is -0.598 e. The largest absolute Gasteiger partial charge is 0.598 e. The Morgan fingerprint density at radius 2 is 1.90 bits per heavy atom. The Balaban J connectivity index is 1.05. The second-order valence-corrected chi connectivity index (χ2v) is 12.7. The maximum absolute atomic E-state index is 13.2. The summed E-state index contributed by atoms with van der Waals surface area (Å²) >= 11 is -1.02. The molecule has 11 heteroatoms. The van der Waals surface area contributed by atoms with Crippen molar-refractivity contribution < 1.29 is 23.6 Å². The average molecular weight is 592 g/mol. The molecule has 2 saturated carbocycles. The van der Waals surface area contributed by atoms with Crippen molar-refractivity contribution in [1.82, 2.24) is 24.3 Å². The molecule has 0 bridgehead atoms. The van der Waals surface area contributed by atoms with Crippen LogP contribution >= 0.6 is 0 Å². The predicted octanol–water partition coefficient (Wildman–Crippen LogP) is 3.40. The zero-order valence-electron chi connectivity index (χ0n) is 24.3. The van der Waals surface area contributed by atoms with E-state index in [-0.39, 0.29) is 23.9 Å². The number of carbonyl (C=O) groups excluding carboxylic acids is 2. The molecule has 2 heterocycles. The van der Waals surface area contributed by atoms with E-state index < -0.39 is 11.4 Å². The molecule has 3 aliphatic rings. The number of carbonyl (C=O) groups is 2. The Kier molecular flexibility index (Phi) is 7.91. The molecule has 1 N–H and O–H groups in total. The van der Waals surface area contributed by atoms with Gasteiger partial charge in [0.25, 0.3) is 11.8 Å². The smallest absolute Gasteiger partial charge is 0.269 e. The molecule has 2 aromatic carbocycles. The number of methoxy groups -OCH3 is 1. The van der Waals surface area contributed by atoms with Crippen molar-refractivity contribution in [3.05, 3.63) is 76.6 Å². The minimum absolute atomic E-state index is 0.00147. The fraction of sp³-hybridized carbons (Fsp3) is 0.452. The molecule has 1 saturated heterocycles. The van der Waals surface area contributed by atoms with Crippen LogP contribution in [0.15, 0.2) is 48.5 Å². The highest BCUT2D eigenvalue weighted by molar-refractivity contribution is 7.88. The van der Waals surface area contributed by atoms with Gasteiger partial charge < -0.3 is 24.2 Å². The molecule has 1 aliphatic heterocycles. The Morgan fingerprint density at radius 3 is 2.57 bits per heavy atom. The lowest BCUT2D eigenvalue weighted by Crippen LogP contribution is -2.57. The zero-order valence-corrected chi connectivity index (χ0v) is 25.1. The number of benzene rings is 2. The van der Waals surface area contributed by atoms with E-state index in [1.165, 1.54) is 0 Å². The summed E-state index contributed by atoms with van der Waals surface area (Å²) in [7, 11) is 3.37. The molecule has 1 atom stereocenters. The lowest BCUT2D eigenvalue weighted by molar-refractivity contribution is 0.0601. The van der Waals surface area contributed by atoms with Crippen molar-refractivity contribution in [1.29, 1.82) is 0 Å². The summed E-state index contributed by atoms with van der Waals surface area (Å²) in [5.74, 6) is 1.43. The van der Waals surface area contributed by atoms with Gasteiger partial charge in [-0.25, -0.2) is 0 Å². The number of nitrogens with one attached hydrogen (secondary N) is 1. The number of para-hydroxylation sites is 1. The summed E-state index contributed by atoms with van der Waals surface area (Å²) in [5.41, 5.74) is 3.75. The van der Waals surface area contributed by atoms with Crippen LogP contribution in [0, 0.1) is 0 Å². The fourth-order valence-electron chi connectivity index (χ4n) is 5.77. The van der Waals surface area contributed by atoms with Gasteiger partial charge in [-0.15, -0.1) is 4.31 Å². The van der Waals surface area contributed by atoms with Gasteiger partial charge in [0.1, 0.15) is 18.6 Å². The van der Waals surface area contributed by atoms with Gasteiger partial charge in [0, 0.05) is 55.1 Å². The van der Waals surface area contributed by atoms with E-state index >= 15 is 0 Å². The molecule has 3 fully saturated rings. The van der Waals surface area contributed by atoms with E-state index in [2.05, 4.69) is 10.4 Å². The predicted molar refractivity (Wildman–Crippen MR) is 159 cm³/mol. The van der Waals surface area contributed by atoms with Gasteiger partial charge in [0.15, 0.2) is 11.5 Å². The summed E-state index contributed by atoms with van der Waals surface area (Å²) in [6.07, 6.45) is 5.94. The third-order valence-electron chi connectivity index (χ3n) is 8.44. The number of aromatic nitrogens is 2. The third-order valence-corrected chi connectivity index (χ3v) is 9.63. The number of nitrogens with zero attached hydrogens (tertiary/aromatic N) is 4. The molecule has 2 aliphatic carbocycles. The second-order valence-electron chi connectivity index (χ2n) is 11.4. The fourth-order valence-corrected chi connectivity index (χ4v) is 6.89. The average Bonchev–Trinajstić information content (AvgIpc) is 3.94. The lowest BCUT2D eigenvalue weighted by atomic mass is 10.1. The molecule has 10 nitrogen and oxygen atoms in total. The van der Waals surface area contributed by atoms with Crippen molar-refractivity contribution in [2.24, 2.45) is 7.05 Å². The Morgan fingerprint density at radius 1 is 1.14 bits per heavy atom.